The Bertz CT molecular complexity index is 494. The van der Waals surface area contributed by atoms with E-state index < -0.39 is 4.92 Å². The summed E-state index contributed by atoms with van der Waals surface area (Å²) >= 11 is 1.63. The Hall–Kier alpha value is -1.76. The normalized spacial score (nSPS) is 11.8. The van der Waals surface area contributed by atoms with Gasteiger partial charge in [-0.3, -0.25) is 14.9 Å². The van der Waals surface area contributed by atoms with E-state index in [0.717, 1.165) is 5.75 Å². The van der Waals surface area contributed by atoms with Crippen LogP contribution in [0.4, 0.5) is 11.4 Å². The molecule has 0 heterocycles. The van der Waals surface area contributed by atoms with Gasteiger partial charge in [-0.2, -0.15) is 11.8 Å². The SMILES string of the molecule is CCNc1ccc(C(=O)NC(C)CSC)cc1[N+](=O)[O-]. The van der Waals surface area contributed by atoms with Crippen LogP contribution in [0.5, 0.6) is 0 Å². The molecule has 0 bridgehead atoms. The van der Waals surface area contributed by atoms with E-state index >= 15 is 0 Å². The van der Waals surface area contributed by atoms with Gasteiger partial charge < -0.3 is 10.6 Å². The summed E-state index contributed by atoms with van der Waals surface area (Å²) in [6, 6.07) is 4.48. The van der Waals surface area contributed by atoms with Crippen molar-refractivity contribution in [1.82, 2.24) is 5.32 Å². The van der Waals surface area contributed by atoms with Crippen LogP contribution in [0.3, 0.4) is 0 Å². The fourth-order valence-electron chi connectivity index (χ4n) is 1.76. The number of carbonyl (C=O) groups is 1. The maximum Gasteiger partial charge on any atom is 0.293 e. The number of nitrogens with zero attached hydrogens (tertiary/aromatic N) is 1. The monoisotopic (exact) mass is 297 g/mol. The van der Waals surface area contributed by atoms with Gasteiger partial charge in [-0.15, -0.1) is 0 Å². The topological polar surface area (TPSA) is 84.3 Å². The van der Waals surface area contributed by atoms with Crippen LogP contribution in [0.25, 0.3) is 0 Å². The zero-order valence-electron chi connectivity index (χ0n) is 11.8. The second-order valence-corrected chi connectivity index (χ2v) is 5.26. The lowest BCUT2D eigenvalue weighted by molar-refractivity contribution is -0.384. The summed E-state index contributed by atoms with van der Waals surface area (Å²) in [5.41, 5.74) is 0.634. The summed E-state index contributed by atoms with van der Waals surface area (Å²) in [4.78, 5) is 22.6. The van der Waals surface area contributed by atoms with Crippen molar-refractivity contribution in [1.29, 1.82) is 0 Å². The zero-order valence-corrected chi connectivity index (χ0v) is 12.6. The summed E-state index contributed by atoms with van der Waals surface area (Å²) in [5.74, 6) is 0.501. The standard InChI is InChI=1S/C13H19N3O3S/c1-4-14-11-6-5-10(7-12(11)16(18)19)13(17)15-9(2)8-20-3/h5-7,9,14H,4,8H2,1-3H3,(H,15,17). The highest BCUT2D eigenvalue weighted by Crippen LogP contribution is 2.25. The lowest BCUT2D eigenvalue weighted by Crippen LogP contribution is -2.34. The molecule has 0 radical (unpaired) electrons. The molecule has 110 valence electrons. The van der Waals surface area contributed by atoms with E-state index in [0.29, 0.717) is 17.8 Å². The number of nitro groups is 1. The van der Waals surface area contributed by atoms with Crippen LogP contribution >= 0.6 is 11.8 Å². The highest BCUT2D eigenvalue weighted by atomic mass is 32.2. The Kier molecular flexibility index (Phi) is 6.30. The number of hydrogen-bond acceptors (Lipinski definition) is 5. The van der Waals surface area contributed by atoms with Gasteiger partial charge in [0.25, 0.3) is 11.6 Å². The molecule has 20 heavy (non-hydrogen) atoms. The zero-order chi connectivity index (χ0) is 15.1. The van der Waals surface area contributed by atoms with Crippen LogP contribution < -0.4 is 10.6 Å². The number of nitro benzene ring substituents is 1. The molecule has 0 saturated heterocycles. The molecule has 0 spiro atoms. The largest absolute Gasteiger partial charge is 0.380 e. The average Bonchev–Trinajstić information content (AvgIpc) is 2.39. The Labute approximate surface area is 122 Å². The predicted molar refractivity (Wildman–Crippen MR) is 82.6 cm³/mol. The second-order valence-electron chi connectivity index (χ2n) is 4.35. The Balaban J connectivity index is 2.93. The van der Waals surface area contributed by atoms with E-state index in [1.165, 1.54) is 6.07 Å². The lowest BCUT2D eigenvalue weighted by Gasteiger charge is -2.13. The number of thioether (sulfide) groups is 1. The van der Waals surface area contributed by atoms with Gasteiger partial charge in [-0.05, 0) is 32.2 Å². The van der Waals surface area contributed by atoms with Crippen LogP contribution in [0.1, 0.15) is 24.2 Å². The quantitative estimate of drug-likeness (QED) is 0.596. The number of amides is 1. The van der Waals surface area contributed by atoms with Gasteiger partial charge in [0.2, 0.25) is 0 Å². The van der Waals surface area contributed by atoms with Crippen molar-refractivity contribution >= 4 is 29.0 Å². The number of nitrogens with one attached hydrogen (secondary N) is 2. The molecule has 1 amide bonds. The number of anilines is 1. The maximum absolute atomic E-state index is 12.0. The third kappa shape index (κ3) is 4.41. The van der Waals surface area contributed by atoms with E-state index in [1.807, 2.05) is 20.1 Å². The van der Waals surface area contributed by atoms with Crippen LogP contribution in [0, 0.1) is 10.1 Å². The van der Waals surface area contributed by atoms with Crippen LogP contribution in [0.15, 0.2) is 18.2 Å². The molecule has 0 aromatic heterocycles. The van der Waals surface area contributed by atoms with Gasteiger partial charge >= 0.3 is 0 Å². The van der Waals surface area contributed by atoms with Gasteiger partial charge in [-0.1, -0.05) is 0 Å². The highest BCUT2D eigenvalue weighted by Gasteiger charge is 2.17. The van der Waals surface area contributed by atoms with Crippen molar-refractivity contribution in [3.8, 4) is 0 Å². The van der Waals surface area contributed by atoms with Gasteiger partial charge in [0.05, 0.1) is 4.92 Å². The molecule has 2 N–H and O–H groups in total. The van der Waals surface area contributed by atoms with E-state index in [9.17, 15) is 14.9 Å². The van der Waals surface area contributed by atoms with Gasteiger partial charge in [-0.25, -0.2) is 0 Å². The summed E-state index contributed by atoms with van der Waals surface area (Å²) in [6.45, 7) is 4.33. The second kappa shape index (κ2) is 7.74. The first-order valence-electron chi connectivity index (χ1n) is 6.31. The third-order valence-corrected chi connectivity index (χ3v) is 3.45. The molecule has 1 unspecified atom stereocenters. The predicted octanol–water partition coefficient (Wildman–Crippen LogP) is 2.51. The summed E-state index contributed by atoms with van der Waals surface area (Å²) in [6.07, 6.45) is 1.96. The highest BCUT2D eigenvalue weighted by molar-refractivity contribution is 7.98. The first-order chi connectivity index (χ1) is 9.49. The van der Waals surface area contributed by atoms with Crippen molar-refractivity contribution in [2.24, 2.45) is 0 Å². The summed E-state index contributed by atoms with van der Waals surface area (Å²) < 4.78 is 0. The van der Waals surface area contributed by atoms with E-state index in [2.05, 4.69) is 10.6 Å². The molecule has 0 aliphatic rings. The number of carbonyl (C=O) groups excluding carboxylic acids is 1. The van der Waals surface area contributed by atoms with Crippen LogP contribution in [-0.2, 0) is 0 Å². The number of hydrogen-bond donors (Lipinski definition) is 2. The average molecular weight is 297 g/mol. The first kappa shape index (κ1) is 16.3. The van der Waals surface area contributed by atoms with Crippen molar-refractivity contribution in [3.05, 3.63) is 33.9 Å². The van der Waals surface area contributed by atoms with E-state index in [1.54, 1.807) is 23.9 Å². The number of rotatable bonds is 7. The molecule has 1 aromatic carbocycles. The lowest BCUT2D eigenvalue weighted by atomic mass is 10.1. The maximum atomic E-state index is 12.0. The molecule has 1 rings (SSSR count). The molecule has 0 aliphatic heterocycles. The van der Waals surface area contributed by atoms with Gasteiger partial charge in [0, 0.05) is 30.0 Å². The fourth-order valence-corrected chi connectivity index (χ4v) is 2.35. The Morgan fingerprint density at radius 3 is 2.75 bits per heavy atom. The molecule has 6 nitrogen and oxygen atoms in total. The molecular formula is C13H19N3O3S. The van der Waals surface area contributed by atoms with E-state index in [4.69, 9.17) is 0 Å². The minimum Gasteiger partial charge on any atom is -0.380 e. The molecule has 0 saturated carbocycles. The van der Waals surface area contributed by atoms with E-state index in [-0.39, 0.29) is 17.6 Å². The summed E-state index contributed by atoms with van der Waals surface area (Å²) in [5, 5.41) is 16.7. The van der Waals surface area contributed by atoms with Gasteiger partial charge in [0.1, 0.15) is 5.69 Å². The first-order valence-corrected chi connectivity index (χ1v) is 7.71. The molecule has 1 aromatic rings. The van der Waals surface area contributed by atoms with Crippen molar-refractivity contribution < 1.29 is 9.72 Å². The Morgan fingerprint density at radius 2 is 2.20 bits per heavy atom. The van der Waals surface area contributed by atoms with Gasteiger partial charge in [0.15, 0.2) is 0 Å². The third-order valence-electron chi connectivity index (χ3n) is 2.62. The smallest absolute Gasteiger partial charge is 0.293 e. The molecule has 0 aliphatic carbocycles. The molecule has 0 fully saturated rings. The van der Waals surface area contributed by atoms with Crippen molar-refractivity contribution in [2.45, 2.75) is 19.9 Å². The Morgan fingerprint density at radius 1 is 1.50 bits per heavy atom. The molecular weight excluding hydrogens is 278 g/mol. The fraction of sp³-hybridized carbons (Fsp3) is 0.462. The molecule has 1 atom stereocenters. The summed E-state index contributed by atoms with van der Waals surface area (Å²) in [7, 11) is 0. The van der Waals surface area contributed by atoms with Crippen molar-refractivity contribution in [3.63, 3.8) is 0 Å². The minimum absolute atomic E-state index is 0.0185. The molecule has 7 heteroatoms. The minimum atomic E-state index is -0.486. The van der Waals surface area contributed by atoms with Crippen LogP contribution in [-0.4, -0.2) is 35.4 Å². The van der Waals surface area contributed by atoms with Crippen molar-refractivity contribution in [2.75, 3.05) is 23.9 Å². The number of benzene rings is 1. The van der Waals surface area contributed by atoms with Crippen LogP contribution in [0.2, 0.25) is 0 Å².